The van der Waals surface area contributed by atoms with Crippen LogP contribution in [-0.4, -0.2) is 17.7 Å². The van der Waals surface area contributed by atoms with Crippen molar-refractivity contribution >= 4 is 5.97 Å². The Morgan fingerprint density at radius 2 is 2.05 bits per heavy atom. The molecule has 0 aliphatic heterocycles. The number of hydrogen-bond acceptors (Lipinski definition) is 2. The summed E-state index contributed by atoms with van der Waals surface area (Å²) in [6.45, 7) is 0.556. The van der Waals surface area contributed by atoms with Gasteiger partial charge in [0.05, 0.1) is 12.0 Å². The number of hydrogen-bond donors (Lipinski definition) is 1. The summed E-state index contributed by atoms with van der Waals surface area (Å²) in [5, 5.41) is 9.51. The number of benzene rings is 1. The van der Waals surface area contributed by atoms with Crippen molar-refractivity contribution in [1.29, 1.82) is 0 Å². The molecule has 1 aromatic carbocycles. The summed E-state index contributed by atoms with van der Waals surface area (Å²) in [5.41, 5.74) is -0.339. The molecule has 0 aromatic heterocycles. The maximum atomic E-state index is 14.1. The maximum absolute atomic E-state index is 14.1. The minimum Gasteiger partial charge on any atom is -0.490 e. The van der Waals surface area contributed by atoms with Crippen LogP contribution in [0, 0.1) is 11.7 Å². The second-order valence-corrected chi connectivity index (χ2v) is 5.99. The molecule has 0 bridgehead atoms. The Morgan fingerprint density at radius 1 is 1.35 bits per heavy atom. The van der Waals surface area contributed by atoms with E-state index in [1.807, 2.05) is 0 Å². The van der Waals surface area contributed by atoms with Gasteiger partial charge in [-0.25, -0.2) is 4.39 Å². The quantitative estimate of drug-likeness (QED) is 0.896. The highest BCUT2D eigenvalue weighted by atomic mass is 19.1. The Kier molecular flexibility index (Phi) is 3.40. The topological polar surface area (TPSA) is 46.5 Å². The minimum atomic E-state index is -0.907. The van der Waals surface area contributed by atoms with E-state index >= 15 is 0 Å². The molecule has 0 saturated heterocycles. The van der Waals surface area contributed by atoms with Crippen molar-refractivity contribution in [2.24, 2.45) is 5.92 Å². The normalized spacial score (nSPS) is 20.9. The van der Waals surface area contributed by atoms with E-state index in [0.29, 0.717) is 30.9 Å². The summed E-state index contributed by atoms with van der Waals surface area (Å²) in [7, 11) is 0. The molecular weight excluding hydrogens is 259 g/mol. The third-order valence-electron chi connectivity index (χ3n) is 4.52. The number of carboxylic acid groups (broad SMARTS) is 1. The zero-order valence-corrected chi connectivity index (χ0v) is 11.4. The van der Waals surface area contributed by atoms with Gasteiger partial charge in [-0.1, -0.05) is 18.9 Å². The van der Waals surface area contributed by atoms with Gasteiger partial charge in [0.15, 0.2) is 11.6 Å². The Labute approximate surface area is 117 Å². The molecule has 4 heteroatoms. The van der Waals surface area contributed by atoms with E-state index in [2.05, 4.69) is 0 Å². The average molecular weight is 278 g/mol. The van der Waals surface area contributed by atoms with Crippen molar-refractivity contribution in [2.75, 3.05) is 6.61 Å². The van der Waals surface area contributed by atoms with E-state index in [1.165, 1.54) is 6.07 Å². The molecule has 2 aliphatic rings. The first-order chi connectivity index (χ1) is 9.62. The zero-order valence-electron chi connectivity index (χ0n) is 11.4. The fourth-order valence-electron chi connectivity index (χ4n) is 3.01. The smallest absolute Gasteiger partial charge is 0.314 e. The van der Waals surface area contributed by atoms with Gasteiger partial charge in [0.2, 0.25) is 0 Å². The number of carboxylic acids is 1. The summed E-state index contributed by atoms with van der Waals surface area (Å²) in [6, 6.07) is 4.64. The SMILES string of the molecule is O=C(O)C1(c2ccc(OCC3CC3)c(F)c2)CCCC1. The van der Waals surface area contributed by atoms with Gasteiger partial charge in [0.25, 0.3) is 0 Å². The van der Waals surface area contributed by atoms with E-state index in [9.17, 15) is 14.3 Å². The summed E-state index contributed by atoms with van der Waals surface area (Å²) in [6.07, 6.45) is 5.25. The van der Waals surface area contributed by atoms with E-state index in [0.717, 1.165) is 25.7 Å². The first kappa shape index (κ1) is 13.4. The minimum absolute atomic E-state index is 0.235. The van der Waals surface area contributed by atoms with Gasteiger partial charge in [-0.3, -0.25) is 4.79 Å². The second-order valence-electron chi connectivity index (χ2n) is 5.99. The first-order valence-electron chi connectivity index (χ1n) is 7.28. The molecule has 1 aromatic rings. The summed E-state index contributed by atoms with van der Waals surface area (Å²) in [4.78, 5) is 11.6. The van der Waals surface area contributed by atoms with E-state index in [4.69, 9.17) is 4.74 Å². The zero-order chi connectivity index (χ0) is 14.2. The Hall–Kier alpha value is -1.58. The molecule has 0 unspecified atom stereocenters. The van der Waals surface area contributed by atoms with Crippen LogP contribution in [0.25, 0.3) is 0 Å². The van der Waals surface area contributed by atoms with E-state index in [1.54, 1.807) is 12.1 Å². The van der Waals surface area contributed by atoms with Crippen molar-refractivity contribution in [3.05, 3.63) is 29.6 Å². The lowest BCUT2D eigenvalue weighted by atomic mass is 9.79. The number of ether oxygens (including phenoxy) is 1. The molecule has 0 spiro atoms. The van der Waals surface area contributed by atoms with Gasteiger partial charge in [-0.2, -0.15) is 0 Å². The number of aliphatic carboxylic acids is 1. The van der Waals surface area contributed by atoms with Crippen LogP contribution in [0.5, 0.6) is 5.75 Å². The van der Waals surface area contributed by atoms with Crippen molar-refractivity contribution < 1.29 is 19.0 Å². The molecule has 0 atom stereocenters. The Bertz CT molecular complexity index is 516. The third kappa shape index (κ3) is 2.39. The van der Waals surface area contributed by atoms with Crippen LogP contribution in [0.15, 0.2) is 18.2 Å². The van der Waals surface area contributed by atoms with Crippen LogP contribution in [0.3, 0.4) is 0 Å². The summed E-state index contributed by atoms with van der Waals surface area (Å²) < 4.78 is 19.5. The van der Waals surface area contributed by atoms with Crippen LogP contribution in [0.4, 0.5) is 4.39 Å². The largest absolute Gasteiger partial charge is 0.490 e. The Balaban J connectivity index is 1.82. The molecule has 3 nitrogen and oxygen atoms in total. The van der Waals surface area contributed by atoms with Crippen LogP contribution in [-0.2, 0) is 10.2 Å². The highest BCUT2D eigenvalue weighted by Crippen LogP contribution is 2.42. The molecule has 2 saturated carbocycles. The van der Waals surface area contributed by atoms with Crippen molar-refractivity contribution in [2.45, 2.75) is 43.9 Å². The second kappa shape index (κ2) is 5.08. The standard InChI is InChI=1S/C16H19FO3/c17-13-9-12(16(15(18)19)7-1-2-8-16)5-6-14(13)20-10-11-3-4-11/h5-6,9,11H,1-4,7-8,10H2,(H,18,19). The first-order valence-corrected chi connectivity index (χ1v) is 7.28. The van der Waals surface area contributed by atoms with Crippen LogP contribution >= 0.6 is 0 Å². The summed E-state index contributed by atoms with van der Waals surface area (Å²) >= 11 is 0. The fraction of sp³-hybridized carbons (Fsp3) is 0.562. The van der Waals surface area contributed by atoms with Gasteiger partial charge < -0.3 is 9.84 Å². The third-order valence-corrected chi connectivity index (χ3v) is 4.52. The number of rotatable bonds is 5. The van der Waals surface area contributed by atoms with Crippen molar-refractivity contribution in [3.63, 3.8) is 0 Å². The average Bonchev–Trinajstić information content (AvgIpc) is 3.11. The molecule has 2 fully saturated rings. The highest BCUT2D eigenvalue weighted by Gasteiger charge is 2.43. The van der Waals surface area contributed by atoms with Gasteiger partial charge in [-0.05, 0) is 49.3 Å². The lowest BCUT2D eigenvalue weighted by Gasteiger charge is -2.24. The number of carbonyl (C=O) groups is 1. The molecule has 1 N–H and O–H groups in total. The molecule has 0 amide bonds. The Morgan fingerprint density at radius 3 is 2.60 bits per heavy atom. The van der Waals surface area contributed by atoms with E-state index in [-0.39, 0.29) is 5.75 Å². The maximum Gasteiger partial charge on any atom is 0.314 e. The molecule has 2 aliphatic carbocycles. The van der Waals surface area contributed by atoms with Crippen LogP contribution in [0.1, 0.15) is 44.1 Å². The van der Waals surface area contributed by atoms with Crippen molar-refractivity contribution in [3.8, 4) is 5.75 Å². The highest BCUT2D eigenvalue weighted by molar-refractivity contribution is 5.81. The summed E-state index contributed by atoms with van der Waals surface area (Å²) in [5.74, 6) is -0.495. The molecular formula is C16H19FO3. The molecule has 20 heavy (non-hydrogen) atoms. The fourth-order valence-corrected chi connectivity index (χ4v) is 3.01. The van der Waals surface area contributed by atoms with Gasteiger partial charge in [-0.15, -0.1) is 0 Å². The lowest BCUT2D eigenvalue weighted by Crippen LogP contribution is -2.32. The molecule has 108 valence electrons. The predicted molar refractivity (Wildman–Crippen MR) is 72.4 cm³/mol. The van der Waals surface area contributed by atoms with Crippen LogP contribution in [0.2, 0.25) is 0 Å². The predicted octanol–water partition coefficient (Wildman–Crippen LogP) is 3.51. The van der Waals surface area contributed by atoms with Crippen LogP contribution < -0.4 is 4.74 Å². The molecule has 3 rings (SSSR count). The van der Waals surface area contributed by atoms with Gasteiger partial charge in [0.1, 0.15) is 0 Å². The molecule has 0 radical (unpaired) electrons. The number of halogens is 1. The lowest BCUT2D eigenvalue weighted by molar-refractivity contribution is -0.143. The monoisotopic (exact) mass is 278 g/mol. The van der Waals surface area contributed by atoms with Gasteiger partial charge >= 0.3 is 5.97 Å². The molecule has 0 heterocycles. The van der Waals surface area contributed by atoms with E-state index < -0.39 is 17.2 Å². The van der Waals surface area contributed by atoms with Crippen molar-refractivity contribution in [1.82, 2.24) is 0 Å². The van der Waals surface area contributed by atoms with Gasteiger partial charge in [0, 0.05) is 0 Å².